The second-order valence-electron chi connectivity index (χ2n) is 5.03. The maximum absolute atomic E-state index is 12.0. The Morgan fingerprint density at radius 1 is 1.53 bits per heavy atom. The second-order valence-corrected chi connectivity index (χ2v) is 5.03. The summed E-state index contributed by atoms with van der Waals surface area (Å²) < 4.78 is 0. The van der Waals surface area contributed by atoms with E-state index in [0.717, 1.165) is 0 Å². The Labute approximate surface area is 101 Å². The number of terminal acetylenes is 1. The van der Waals surface area contributed by atoms with Crippen molar-refractivity contribution in [3.63, 3.8) is 0 Å². The molecule has 0 radical (unpaired) electrons. The van der Waals surface area contributed by atoms with Crippen molar-refractivity contribution in [2.24, 2.45) is 0 Å². The number of hydrogen-bond donors (Lipinski definition) is 2. The molecule has 1 aliphatic rings. The fourth-order valence-electron chi connectivity index (χ4n) is 1.88. The van der Waals surface area contributed by atoms with Gasteiger partial charge in [0.05, 0.1) is 5.54 Å². The zero-order valence-corrected chi connectivity index (χ0v) is 10.4. The van der Waals surface area contributed by atoms with Crippen LogP contribution in [0, 0.1) is 12.3 Å². The first-order valence-corrected chi connectivity index (χ1v) is 5.54. The van der Waals surface area contributed by atoms with E-state index in [2.05, 4.69) is 11.2 Å². The van der Waals surface area contributed by atoms with E-state index in [9.17, 15) is 14.7 Å². The van der Waals surface area contributed by atoms with Gasteiger partial charge in [-0.2, -0.15) is 0 Å². The summed E-state index contributed by atoms with van der Waals surface area (Å²) in [4.78, 5) is 24.5. The molecule has 1 saturated heterocycles. The third kappa shape index (κ3) is 2.52. The van der Waals surface area contributed by atoms with E-state index in [1.807, 2.05) is 0 Å². The normalized spacial score (nSPS) is 24.2. The molecule has 0 aromatic rings. The predicted molar refractivity (Wildman–Crippen MR) is 63.4 cm³/mol. The van der Waals surface area contributed by atoms with E-state index in [1.54, 1.807) is 20.8 Å². The molecule has 0 aliphatic carbocycles. The smallest absolute Gasteiger partial charge is 0.329 e. The molecule has 1 unspecified atom stereocenters. The van der Waals surface area contributed by atoms with Gasteiger partial charge in [0.15, 0.2) is 0 Å². The fraction of sp³-hybridized carbons (Fsp3) is 0.667. The van der Waals surface area contributed by atoms with Gasteiger partial charge in [-0.15, -0.1) is 6.42 Å². The number of nitrogens with one attached hydrogen (secondary N) is 1. The van der Waals surface area contributed by atoms with Crippen molar-refractivity contribution in [2.45, 2.75) is 44.7 Å². The van der Waals surface area contributed by atoms with Crippen LogP contribution in [0.5, 0.6) is 0 Å². The monoisotopic (exact) mass is 238 g/mol. The zero-order valence-electron chi connectivity index (χ0n) is 10.4. The summed E-state index contributed by atoms with van der Waals surface area (Å²) in [7, 11) is 0. The van der Waals surface area contributed by atoms with Crippen LogP contribution in [-0.4, -0.2) is 39.6 Å². The predicted octanol–water partition coefficient (Wildman–Crippen LogP) is 1.05. The van der Waals surface area contributed by atoms with Gasteiger partial charge in [-0.3, -0.25) is 0 Å². The average molecular weight is 238 g/mol. The molecule has 1 atom stereocenters. The van der Waals surface area contributed by atoms with Crippen LogP contribution in [0.4, 0.5) is 4.79 Å². The summed E-state index contributed by atoms with van der Waals surface area (Å²) in [5.41, 5.74) is -1.91. The summed E-state index contributed by atoms with van der Waals surface area (Å²) in [5, 5.41) is 11.8. The number of carbonyl (C=O) groups excluding carboxylic acids is 1. The minimum Gasteiger partial charge on any atom is -0.480 e. The van der Waals surface area contributed by atoms with Gasteiger partial charge in [0.1, 0.15) is 5.54 Å². The van der Waals surface area contributed by atoms with Crippen molar-refractivity contribution < 1.29 is 14.7 Å². The van der Waals surface area contributed by atoms with Crippen LogP contribution in [0.2, 0.25) is 0 Å². The molecule has 0 aromatic carbocycles. The lowest BCUT2D eigenvalue weighted by molar-refractivity contribution is -0.147. The largest absolute Gasteiger partial charge is 0.480 e. The third-order valence-corrected chi connectivity index (χ3v) is 3.13. The summed E-state index contributed by atoms with van der Waals surface area (Å²) in [6, 6.07) is -0.421. The summed E-state index contributed by atoms with van der Waals surface area (Å²) in [6.07, 6.45) is 6.43. The molecule has 0 saturated carbocycles. The number of hydrogen-bond acceptors (Lipinski definition) is 2. The van der Waals surface area contributed by atoms with Crippen molar-refractivity contribution in [3.05, 3.63) is 0 Å². The van der Waals surface area contributed by atoms with Crippen LogP contribution in [0.3, 0.4) is 0 Å². The molecule has 2 amide bonds. The van der Waals surface area contributed by atoms with Crippen LogP contribution in [0.25, 0.3) is 0 Å². The number of carboxylic acid groups (broad SMARTS) is 1. The van der Waals surface area contributed by atoms with Gasteiger partial charge in [0, 0.05) is 6.54 Å². The van der Waals surface area contributed by atoms with Gasteiger partial charge < -0.3 is 15.3 Å². The van der Waals surface area contributed by atoms with Crippen molar-refractivity contribution in [1.29, 1.82) is 0 Å². The Bertz CT molecular complexity index is 384. The van der Waals surface area contributed by atoms with Gasteiger partial charge in [-0.05, 0) is 33.6 Å². The Morgan fingerprint density at radius 3 is 2.59 bits per heavy atom. The van der Waals surface area contributed by atoms with Gasteiger partial charge in [0.25, 0.3) is 0 Å². The molecular formula is C12H18N2O3. The highest BCUT2D eigenvalue weighted by molar-refractivity contribution is 5.87. The molecule has 2 N–H and O–H groups in total. The number of carboxylic acids is 1. The van der Waals surface area contributed by atoms with Gasteiger partial charge in [-0.1, -0.05) is 5.92 Å². The first-order valence-electron chi connectivity index (χ1n) is 5.54. The first-order chi connectivity index (χ1) is 7.73. The highest BCUT2D eigenvalue weighted by atomic mass is 16.4. The number of nitrogens with zero attached hydrogens (tertiary/aromatic N) is 1. The fourth-order valence-corrected chi connectivity index (χ4v) is 1.88. The number of carbonyl (C=O) groups is 2. The molecular weight excluding hydrogens is 220 g/mol. The van der Waals surface area contributed by atoms with Gasteiger partial charge in [0.2, 0.25) is 0 Å². The maximum atomic E-state index is 12.0. The molecule has 17 heavy (non-hydrogen) atoms. The highest BCUT2D eigenvalue weighted by Gasteiger charge is 2.46. The number of likely N-dealkylation sites (tertiary alicyclic amines) is 1. The van der Waals surface area contributed by atoms with Crippen molar-refractivity contribution >= 4 is 12.0 Å². The van der Waals surface area contributed by atoms with Gasteiger partial charge >= 0.3 is 12.0 Å². The van der Waals surface area contributed by atoms with Gasteiger partial charge in [-0.25, -0.2) is 9.59 Å². The lowest BCUT2D eigenvalue weighted by atomic mass is 9.99. The lowest BCUT2D eigenvalue weighted by Crippen LogP contribution is -2.57. The number of rotatable bonds is 2. The quantitative estimate of drug-likeness (QED) is 0.706. The van der Waals surface area contributed by atoms with Crippen LogP contribution in [-0.2, 0) is 4.79 Å². The first kappa shape index (κ1) is 13.4. The Hall–Kier alpha value is -1.70. The van der Waals surface area contributed by atoms with Crippen LogP contribution in [0.15, 0.2) is 0 Å². The van der Waals surface area contributed by atoms with E-state index in [1.165, 1.54) is 4.90 Å². The van der Waals surface area contributed by atoms with E-state index in [0.29, 0.717) is 19.4 Å². The van der Waals surface area contributed by atoms with E-state index in [4.69, 9.17) is 6.42 Å². The molecule has 0 bridgehead atoms. The minimum absolute atomic E-state index is 0.421. The molecule has 5 heteroatoms. The Morgan fingerprint density at radius 2 is 2.12 bits per heavy atom. The number of urea groups is 1. The Kier molecular flexibility index (Phi) is 3.37. The van der Waals surface area contributed by atoms with Crippen molar-refractivity contribution in [3.8, 4) is 12.3 Å². The summed E-state index contributed by atoms with van der Waals surface area (Å²) >= 11 is 0. The van der Waals surface area contributed by atoms with E-state index >= 15 is 0 Å². The van der Waals surface area contributed by atoms with Crippen molar-refractivity contribution in [1.82, 2.24) is 10.2 Å². The third-order valence-electron chi connectivity index (χ3n) is 3.13. The van der Waals surface area contributed by atoms with E-state index < -0.39 is 23.1 Å². The number of amides is 2. The standard InChI is InChI=1S/C12H18N2O3/c1-5-11(2,3)13-10(17)14-8-6-7-12(14,4)9(15)16/h1H,6-8H2,2-4H3,(H,13,17)(H,15,16). The molecule has 1 fully saturated rings. The Balaban J connectivity index is 2.84. The van der Waals surface area contributed by atoms with Crippen LogP contribution >= 0.6 is 0 Å². The highest BCUT2D eigenvalue weighted by Crippen LogP contribution is 2.29. The summed E-state index contributed by atoms with van der Waals surface area (Å²) in [6.45, 7) is 5.39. The number of aliphatic carboxylic acids is 1. The molecule has 5 nitrogen and oxygen atoms in total. The molecule has 1 rings (SSSR count). The second kappa shape index (κ2) is 4.28. The zero-order chi connectivity index (χ0) is 13.3. The average Bonchev–Trinajstić information content (AvgIpc) is 2.61. The minimum atomic E-state index is -1.13. The molecule has 0 spiro atoms. The van der Waals surface area contributed by atoms with Crippen molar-refractivity contribution in [2.75, 3.05) is 6.54 Å². The SMILES string of the molecule is C#CC(C)(C)NC(=O)N1CCCC1(C)C(=O)O. The molecule has 1 aliphatic heterocycles. The van der Waals surface area contributed by atoms with Crippen LogP contribution < -0.4 is 5.32 Å². The molecule has 94 valence electrons. The lowest BCUT2D eigenvalue weighted by Gasteiger charge is -2.33. The molecule has 1 heterocycles. The summed E-state index contributed by atoms with van der Waals surface area (Å²) in [5.74, 6) is 1.46. The molecule has 0 aromatic heterocycles. The van der Waals surface area contributed by atoms with E-state index in [-0.39, 0.29) is 0 Å². The topological polar surface area (TPSA) is 69.6 Å². The maximum Gasteiger partial charge on any atom is 0.329 e. The van der Waals surface area contributed by atoms with Crippen LogP contribution in [0.1, 0.15) is 33.6 Å².